The Morgan fingerprint density at radius 3 is 2.73 bits per heavy atom. The van der Waals surface area contributed by atoms with Gasteiger partial charge in [-0.25, -0.2) is 0 Å². The van der Waals surface area contributed by atoms with Crippen molar-refractivity contribution in [1.82, 2.24) is 9.55 Å². The first-order valence-electron chi connectivity index (χ1n) is 3.31. The van der Waals surface area contributed by atoms with E-state index >= 15 is 0 Å². The molecule has 1 heterocycles. The third-order valence-corrected chi connectivity index (χ3v) is 1.46. The maximum atomic E-state index is 10.2. The molecule has 0 N–H and O–H groups in total. The molecule has 60 valence electrons. The molecule has 1 rings (SSSR count). The molecular formula is C6H9N3O2. The van der Waals surface area contributed by atoms with Gasteiger partial charge in [0, 0.05) is 13.5 Å². The van der Waals surface area contributed by atoms with Crippen molar-refractivity contribution in [2.45, 2.75) is 13.3 Å². The number of aromatic nitrogens is 2. The third kappa shape index (κ3) is 1.36. The van der Waals surface area contributed by atoms with Crippen LogP contribution in [0.3, 0.4) is 0 Å². The van der Waals surface area contributed by atoms with Gasteiger partial charge in [-0.15, -0.1) is 0 Å². The highest BCUT2D eigenvalue weighted by atomic mass is 16.6. The van der Waals surface area contributed by atoms with Crippen LogP contribution >= 0.6 is 0 Å². The number of hydrogen-bond donors (Lipinski definition) is 0. The molecule has 0 saturated carbocycles. The van der Waals surface area contributed by atoms with Crippen molar-refractivity contribution in [3.8, 4) is 0 Å². The van der Waals surface area contributed by atoms with Crippen LogP contribution in [0.4, 0.5) is 5.82 Å². The monoisotopic (exact) mass is 155 g/mol. The summed E-state index contributed by atoms with van der Waals surface area (Å²) in [5.41, 5.74) is 0. The minimum Gasteiger partial charge on any atom is -0.358 e. The molecule has 0 bridgehead atoms. The Balaban J connectivity index is 3.05. The Bertz CT molecular complexity index is 279. The molecular weight excluding hydrogens is 146 g/mol. The minimum absolute atomic E-state index is 0.0793. The molecule has 0 aromatic carbocycles. The molecule has 5 heteroatoms. The largest absolute Gasteiger partial charge is 0.381 e. The molecule has 5 nitrogen and oxygen atoms in total. The average molecular weight is 155 g/mol. The lowest BCUT2D eigenvalue weighted by Gasteiger charge is -1.86. The molecule has 0 fully saturated rings. The zero-order valence-corrected chi connectivity index (χ0v) is 6.44. The summed E-state index contributed by atoms with van der Waals surface area (Å²) in [6.07, 6.45) is 2.13. The SMILES string of the molecule is CCc1nc([N+](=O)[O-])cn1C. The molecule has 1 aromatic rings. The second-order valence-electron chi connectivity index (χ2n) is 2.24. The molecule has 0 aliphatic carbocycles. The van der Waals surface area contributed by atoms with Crippen LogP contribution in [0.2, 0.25) is 0 Å². The predicted molar refractivity (Wildman–Crippen MR) is 39.2 cm³/mol. The zero-order valence-electron chi connectivity index (χ0n) is 6.44. The van der Waals surface area contributed by atoms with Crippen molar-refractivity contribution in [3.63, 3.8) is 0 Å². The van der Waals surface area contributed by atoms with Crippen LogP contribution in [0.5, 0.6) is 0 Å². The Labute approximate surface area is 63.8 Å². The summed E-state index contributed by atoms with van der Waals surface area (Å²) in [7, 11) is 1.75. The summed E-state index contributed by atoms with van der Waals surface area (Å²) in [6.45, 7) is 1.91. The molecule has 0 spiro atoms. The van der Waals surface area contributed by atoms with Gasteiger partial charge in [-0.1, -0.05) is 6.92 Å². The lowest BCUT2D eigenvalue weighted by atomic mass is 10.5. The van der Waals surface area contributed by atoms with Crippen molar-refractivity contribution in [2.24, 2.45) is 7.05 Å². The Morgan fingerprint density at radius 1 is 1.82 bits per heavy atom. The lowest BCUT2D eigenvalue weighted by molar-refractivity contribution is -0.389. The quantitative estimate of drug-likeness (QED) is 0.470. The maximum Gasteiger partial charge on any atom is 0.381 e. The van der Waals surface area contributed by atoms with Crippen molar-refractivity contribution in [1.29, 1.82) is 0 Å². The van der Waals surface area contributed by atoms with Crippen molar-refractivity contribution in [2.75, 3.05) is 0 Å². The van der Waals surface area contributed by atoms with E-state index in [9.17, 15) is 10.1 Å². The minimum atomic E-state index is -0.487. The predicted octanol–water partition coefficient (Wildman–Crippen LogP) is 0.891. The van der Waals surface area contributed by atoms with Gasteiger partial charge in [0.15, 0.2) is 0 Å². The molecule has 0 radical (unpaired) electrons. The van der Waals surface area contributed by atoms with Gasteiger partial charge in [-0.3, -0.25) is 0 Å². The van der Waals surface area contributed by atoms with E-state index in [4.69, 9.17) is 0 Å². The summed E-state index contributed by atoms with van der Waals surface area (Å²) in [5.74, 6) is 0.654. The summed E-state index contributed by atoms with van der Waals surface area (Å²) in [5, 5.41) is 10.2. The molecule has 0 amide bonds. The number of nitrogens with zero attached hydrogens (tertiary/aromatic N) is 3. The number of nitro groups is 1. The molecule has 0 unspecified atom stereocenters. The molecule has 0 atom stereocenters. The van der Waals surface area contributed by atoms with Gasteiger partial charge in [0.2, 0.25) is 5.82 Å². The van der Waals surface area contributed by atoms with Gasteiger partial charge in [0.05, 0.1) is 0 Å². The zero-order chi connectivity index (χ0) is 8.43. The number of imidazole rings is 1. The fourth-order valence-corrected chi connectivity index (χ4v) is 0.904. The second kappa shape index (κ2) is 2.69. The molecule has 0 saturated heterocycles. The molecule has 0 aliphatic heterocycles. The standard InChI is InChI=1S/C6H9N3O2/c1-3-5-7-6(9(10)11)4-8(5)2/h4H,3H2,1-2H3. The topological polar surface area (TPSA) is 61.0 Å². The number of aryl methyl sites for hydroxylation is 2. The summed E-state index contributed by atoms with van der Waals surface area (Å²) < 4.78 is 1.66. The first-order chi connectivity index (χ1) is 5.15. The van der Waals surface area contributed by atoms with Crippen LogP contribution in [0.1, 0.15) is 12.7 Å². The van der Waals surface area contributed by atoms with E-state index in [1.54, 1.807) is 11.6 Å². The van der Waals surface area contributed by atoms with E-state index in [1.807, 2.05) is 6.92 Å². The highest BCUT2D eigenvalue weighted by molar-refractivity contribution is 5.16. The lowest BCUT2D eigenvalue weighted by Crippen LogP contribution is -1.93. The van der Waals surface area contributed by atoms with E-state index in [0.717, 1.165) is 5.82 Å². The summed E-state index contributed by atoms with van der Waals surface area (Å²) >= 11 is 0. The van der Waals surface area contributed by atoms with Crippen LogP contribution in [0, 0.1) is 10.1 Å². The molecule has 1 aromatic heterocycles. The van der Waals surface area contributed by atoms with Crippen molar-refractivity contribution < 1.29 is 4.92 Å². The van der Waals surface area contributed by atoms with Gasteiger partial charge in [-0.2, -0.15) is 0 Å². The first kappa shape index (κ1) is 7.71. The molecule has 0 aliphatic rings. The maximum absolute atomic E-state index is 10.2. The Hall–Kier alpha value is -1.39. The highest BCUT2D eigenvalue weighted by Gasteiger charge is 2.13. The summed E-state index contributed by atoms with van der Waals surface area (Å²) in [4.78, 5) is 13.5. The second-order valence-corrected chi connectivity index (χ2v) is 2.24. The molecule has 11 heavy (non-hydrogen) atoms. The fourth-order valence-electron chi connectivity index (χ4n) is 0.904. The van der Waals surface area contributed by atoms with E-state index < -0.39 is 4.92 Å². The van der Waals surface area contributed by atoms with Gasteiger partial charge in [0.1, 0.15) is 6.20 Å². The number of hydrogen-bond acceptors (Lipinski definition) is 3. The van der Waals surface area contributed by atoms with Crippen molar-refractivity contribution in [3.05, 3.63) is 22.1 Å². The van der Waals surface area contributed by atoms with Crippen LogP contribution in [-0.2, 0) is 13.5 Å². The summed E-state index contributed by atoms with van der Waals surface area (Å²) in [6, 6.07) is 0. The Morgan fingerprint density at radius 2 is 2.45 bits per heavy atom. The first-order valence-corrected chi connectivity index (χ1v) is 3.31. The van der Waals surface area contributed by atoms with Crippen molar-refractivity contribution >= 4 is 5.82 Å². The van der Waals surface area contributed by atoms with E-state index in [0.29, 0.717) is 6.42 Å². The van der Waals surface area contributed by atoms with E-state index in [-0.39, 0.29) is 5.82 Å². The van der Waals surface area contributed by atoms with Crippen LogP contribution in [-0.4, -0.2) is 14.5 Å². The highest BCUT2D eigenvalue weighted by Crippen LogP contribution is 2.09. The normalized spacial score (nSPS) is 10.0. The van der Waals surface area contributed by atoms with Gasteiger partial charge in [0.25, 0.3) is 0 Å². The Kier molecular flexibility index (Phi) is 1.89. The van der Waals surface area contributed by atoms with Crippen LogP contribution in [0.15, 0.2) is 6.20 Å². The van der Waals surface area contributed by atoms with Gasteiger partial charge >= 0.3 is 5.82 Å². The smallest absolute Gasteiger partial charge is 0.358 e. The van der Waals surface area contributed by atoms with E-state index in [1.165, 1.54) is 6.20 Å². The van der Waals surface area contributed by atoms with Gasteiger partial charge in [-0.05, 0) is 9.91 Å². The van der Waals surface area contributed by atoms with Crippen LogP contribution < -0.4 is 0 Å². The van der Waals surface area contributed by atoms with Gasteiger partial charge < -0.3 is 14.7 Å². The fraction of sp³-hybridized carbons (Fsp3) is 0.500. The van der Waals surface area contributed by atoms with Crippen LogP contribution in [0.25, 0.3) is 0 Å². The number of rotatable bonds is 2. The average Bonchev–Trinajstić information content (AvgIpc) is 2.31. The van der Waals surface area contributed by atoms with E-state index in [2.05, 4.69) is 4.98 Å². The third-order valence-electron chi connectivity index (χ3n) is 1.46.